The van der Waals surface area contributed by atoms with Gasteiger partial charge in [0, 0.05) is 0 Å². The molecule has 1 amide bonds. The Kier molecular flexibility index (Phi) is 6.58. The lowest BCUT2D eigenvalue weighted by atomic mass is 10.2. The largest absolute Gasteiger partial charge is 0.445 e. The molecule has 1 aromatic carbocycles. The van der Waals surface area contributed by atoms with Gasteiger partial charge in [-0.1, -0.05) is 36.4 Å². The van der Waals surface area contributed by atoms with Gasteiger partial charge >= 0.3 is 6.09 Å². The number of amides is 1. The maximum atomic E-state index is 11.5. The molecule has 0 fully saturated rings. The summed E-state index contributed by atoms with van der Waals surface area (Å²) in [6, 6.07) is 9.45. The summed E-state index contributed by atoms with van der Waals surface area (Å²) in [4.78, 5) is 11.5. The van der Waals surface area contributed by atoms with Gasteiger partial charge in [0.1, 0.15) is 6.61 Å². The Hall–Kier alpha value is -1.81. The molecule has 1 unspecified atom stereocenters. The number of alkyl carbamates (subject to hydrolysis) is 1. The maximum absolute atomic E-state index is 11.5. The second kappa shape index (κ2) is 8.31. The number of ether oxygens (including phenoxy) is 2. The second-order valence-corrected chi connectivity index (χ2v) is 3.93. The molecule has 1 N–H and O–H groups in total. The van der Waals surface area contributed by atoms with Crippen molar-refractivity contribution in [3.63, 3.8) is 0 Å². The molecule has 0 bridgehead atoms. The Morgan fingerprint density at radius 1 is 1.44 bits per heavy atom. The number of carbonyl (C=O) groups is 1. The summed E-state index contributed by atoms with van der Waals surface area (Å²) in [7, 11) is 0. The zero-order chi connectivity index (χ0) is 13.2. The summed E-state index contributed by atoms with van der Waals surface area (Å²) in [5.41, 5.74) is 0.961. The lowest BCUT2D eigenvalue weighted by molar-refractivity contribution is 0.114. The van der Waals surface area contributed by atoms with E-state index in [0.717, 1.165) is 5.56 Å². The molecule has 1 rings (SSSR count). The van der Waals surface area contributed by atoms with E-state index >= 15 is 0 Å². The molecule has 0 heterocycles. The smallest absolute Gasteiger partial charge is 0.407 e. The summed E-state index contributed by atoms with van der Waals surface area (Å²) in [5.74, 6) is 0. The number of nitrogens with one attached hydrogen (secondary N) is 1. The third-order valence-corrected chi connectivity index (χ3v) is 2.18. The summed E-state index contributed by atoms with van der Waals surface area (Å²) >= 11 is 0. The minimum atomic E-state index is -0.437. The quantitative estimate of drug-likeness (QED) is 0.596. The van der Waals surface area contributed by atoms with E-state index in [0.29, 0.717) is 13.2 Å². The van der Waals surface area contributed by atoms with Gasteiger partial charge in [-0.15, -0.1) is 6.58 Å². The van der Waals surface area contributed by atoms with Gasteiger partial charge in [0.15, 0.2) is 0 Å². The van der Waals surface area contributed by atoms with Gasteiger partial charge in [-0.2, -0.15) is 0 Å². The average molecular weight is 249 g/mol. The summed E-state index contributed by atoms with van der Waals surface area (Å²) < 4.78 is 10.3. The van der Waals surface area contributed by atoms with Crippen LogP contribution in [0, 0.1) is 0 Å². The van der Waals surface area contributed by atoms with Gasteiger partial charge in [0.05, 0.1) is 19.3 Å². The van der Waals surface area contributed by atoms with Crippen LogP contribution in [-0.2, 0) is 16.1 Å². The molecule has 4 heteroatoms. The van der Waals surface area contributed by atoms with Crippen molar-refractivity contribution in [1.82, 2.24) is 5.32 Å². The van der Waals surface area contributed by atoms with Crippen LogP contribution >= 0.6 is 0 Å². The summed E-state index contributed by atoms with van der Waals surface area (Å²) in [6.07, 6.45) is 1.23. The molecular formula is C14H19NO3. The van der Waals surface area contributed by atoms with E-state index in [1.54, 1.807) is 6.08 Å². The predicted molar refractivity (Wildman–Crippen MR) is 70.2 cm³/mol. The second-order valence-electron chi connectivity index (χ2n) is 3.93. The molecule has 0 aliphatic heterocycles. The lowest BCUT2D eigenvalue weighted by Crippen LogP contribution is -2.36. The highest BCUT2D eigenvalue weighted by atomic mass is 16.5. The Balaban J connectivity index is 2.19. The van der Waals surface area contributed by atoms with Crippen molar-refractivity contribution < 1.29 is 14.3 Å². The van der Waals surface area contributed by atoms with E-state index in [-0.39, 0.29) is 12.6 Å². The number of hydrogen-bond donors (Lipinski definition) is 1. The number of hydrogen-bond acceptors (Lipinski definition) is 3. The molecule has 98 valence electrons. The molecule has 4 nitrogen and oxygen atoms in total. The van der Waals surface area contributed by atoms with Crippen LogP contribution in [0.4, 0.5) is 4.79 Å². The molecule has 0 aliphatic rings. The number of benzene rings is 1. The highest BCUT2D eigenvalue weighted by molar-refractivity contribution is 5.67. The summed E-state index contributed by atoms with van der Waals surface area (Å²) in [5, 5.41) is 2.69. The van der Waals surface area contributed by atoms with E-state index in [4.69, 9.17) is 9.47 Å². The molecule has 1 aromatic rings. The van der Waals surface area contributed by atoms with E-state index in [9.17, 15) is 4.79 Å². The van der Waals surface area contributed by atoms with Gasteiger partial charge in [0.2, 0.25) is 0 Å². The molecular weight excluding hydrogens is 230 g/mol. The summed E-state index contributed by atoms with van der Waals surface area (Å²) in [6.45, 7) is 6.58. The SMILES string of the molecule is C=CCOCC(C)NC(=O)OCc1ccccc1. The fraction of sp³-hybridized carbons (Fsp3) is 0.357. The van der Waals surface area contributed by atoms with E-state index in [1.807, 2.05) is 37.3 Å². The third kappa shape index (κ3) is 6.06. The van der Waals surface area contributed by atoms with Gasteiger partial charge in [0.25, 0.3) is 0 Å². The van der Waals surface area contributed by atoms with Gasteiger partial charge in [-0.25, -0.2) is 4.79 Å². The first-order chi connectivity index (χ1) is 8.72. The molecule has 0 aromatic heterocycles. The molecule has 18 heavy (non-hydrogen) atoms. The zero-order valence-electron chi connectivity index (χ0n) is 10.6. The fourth-order valence-electron chi connectivity index (χ4n) is 1.34. The van der Waals surface area contributed by atoms with Crippen molar-refractivity contribution in [2.45, 2.75) is 19.6 Å². The highest BCUT2D eigenvalue weighted by Gasteiger charge is 2.08. The average Bonchev–Trinajstić information content (AvgIpc) is 2.38. The van der Waals surface area contributed by atoms with Gasteiger partial charge in [-0.05, 0) is 12.5 Å². The van der Waals surface area contributed by atoms with Crippen LogP contribution in [0.5, 0.6) is 0 Å². The van der Waals surface area contributed by atoms with Crippen molar-refractivity contribution in [2.24, 2.45) is 0 Å². The first kappa shape index (κ1) is 14.3. The predicted octanol–water partition coefficient (Wildman–Crippen LogP) is 2.50. The van der Waals surface area contributed by atoms with Gasteiger partial charge < -0.3 is 14.8 Å². The van der Waals surface area contributed by atoms with Crippen molar-refractivity contribution in [3.8, 4) is 0 Å². The number of carbonyl (C=O) groups excluding carboxylic acids is 1. The third-order valence-electron chi connectivity index (χ3n) is 2.18. The van der Waals surface area contributed by atoms with Crippen LogP contribution in [0.3, 0.4) is 0 Å². The highest BCUT2D eigenvalue weighted by Crippen LogP contribution is 2.00. The Labute approximate surface area is 108 Å². The van der Waals surface area contributed by atoms with Crippen molar-refractivity contribution >= 4 is 6.09 Å². The fourth-order valence-corrected chi connectivity index (χ4v) is 1.34. The Morgan fingerprint density at radius 3 is 2.83 bits per heavy atom. The number of rotatable bonds is 7. The topological polar surface area (TPSA) is 47.6 Å². The van der Waals surface area contributed by atoms with Crippen LogP contribution in [-0.4, -0.2) is 25.3 Å². The Morgan fingerprint density at radius 2 is 2.17 bits per heavy atom. The van der Waals surface area contributed by atoms with Crippen LogP contribution in [0.1, 0.15) is 12.5 Å². The van der Waals surface area contributed by atoms with Crippen LogP contribution in [0.2, 0.25) is 0 Å². The molecule has 0 saturated heterocycles. The molecule has 1 atom stereocenters. The zero-order valence-corrected chi connectivity index (χ0v) is 10.6. The van der Waals surface area contributed by atoms with E-state index in [1.165, 1.54) is 0 Å². The molecule has 0 radical (unpaired) electrons. The Bertz CT molecular complexity index is 365. The minimum absolute atomic E-state index is 0.0896. The van der Waals surface area contributed by atoms with Crippen LogP contribution < -0.4 is 5.32 Å². The lowest BCUT2D eigenvalue weighted by Gasteiger charge is -2.13. The standard InChI is InChI=1S/C14H19NO3/c1-3-9-17-10-12(2)15-14(16)18-11-13-7-5-4-6-8-13/h3-8,12H,1,9-11H2,2H3,(H,15,16). The molecule has 0 spiro atoms. The van der Waals surface area contributed by atoms with Crippen LogP contribution in [0.25, 0.3) is 0 Å². The normalized spacial score (nSPS) is 11.6. The van der Waals surface area contributed by atoms with Crippen molar-refractivity contribution in [2.75, 3.05) is 13.2 Å². The first-order valence-electron chi connectivity index (χ1n) is 5.88. The van der Waals surface area contributed by atoms with Gasteiger partial charge in [-0.3, -0.25) is 0 Å². The minimum Gasteiger partial charge on any atom is -0.445 e. The molecule has 0 saturated carbocycles. The van der Waals surface area contributed by atoms with Crippen molar-refractivity contribution in [1.29, 1.82) is 0 Å². The van der Waals surface area contributed by atoms with E-state index in [2.05, 4.69) is 11.9 Å². The maximum Gasteiger partial charge on any atom is 0.407 e. The van der Waals surface area contributed by atoms with Crippen LogP contribution in [0.15, 0.2) is 43.0 Å². The van der Waals surface area contributed by atoms with Crippen molar-refractivity contribution in [3.05, 3.63) is 48.6 Å². The van der Waals surface area contributed by atoms with E-state index < -0.39 is 6.09 Å². The monoisotopic (exact) mass is 249 g/mol. The molecule has 0 aliphatic carbocycles. The first-order valence-corrected chi connectivity index (χ1v) is 5.88.